The lowest BCUT2D eigenvalue weighted by Gasteiger charge is -2.16. The fourth-order valence-corrected chi connectivity index (χ4v) is 1.48. The SMILES string of the molecule is NC(=O)CC(NC(=O)[C@@H]1CCC(=O)N1)C(=O)O. The second-order valence-electron chi connectivity index (χ2n) is 3.73. The summed E-state index contributed by atoms with van der Waals surface area (Å²) in [5.74, 6) is -3.05. The largest absolute Gasteiger partial charge is 0.480 e. The molecule has 5 N–H and O–H groups in total. The van der Waals surface area contributed by atoms with Crippen LogP contribution in [0.1, 0.15) is 19.3 Å². The highest BCUT2D eigenvalue weighted by atomic mass is 16.4. The van der Waals surface area contributed by atoms with Crippen molar-refractivity contribution in [1.82, 2.24) is 10.6 Å². The van der Waals surface area contributed by atoms with Crippen molar-refractivity contribution in [2.24, 2.45) is 5.73 Å². The molecule has 0 aromatic carbocycles. The third-order valence-electron chi connectivity index (χ3n) is 2.33. The van der Waals surface area contributed by atoms with E-state index in [1.807, 2.05) is 0 Å². The van der Waals surface area contributed by atoms with E-state index in [2.05, 4.69) is 10.6 Å². The first kappa shape index (κ1) is 12.9. The molecule has 0 aromatic rings. The van der Waals surface area contributed by atoms with Gasteiger partial charge in [0.15, 0.2) is 0 Å². The smallest absolute Gasteiger partial charge is 0.326 e. The monoisotopic (exact) mass is 243 g/mol. The van der Waals surface area contributed by atoms with Crippen LogP contribution in [0.2, 0.25) is 0 Å². The van der Waals surface area contributed by atoms with Gasteiger partial charge in [0.1, 0.15) is 12.1 Å². The molecule has 0 aromatic heterocycles. The predicted molar refractivity (Wildman–Crippen MR) is 54.5 cm³/mol. The van der Waals surface area contributed by atoms with Crippen LogP contribution in [-0.4, -0.2) is 40.9 Å². The summed E-state index contributed by atoms with van der Waals surface area (Å²) >= 11 is 0. The lowest BCUT2D eigenvalue weighted by atomic mass is 10.1. The molecule has 0 aliphatic carbocycles. The maximum Gasteiger partial charge on any atom is 0.326 e. The zero-order chi connectivity index (χ0) is 13.0. The fourth-order valence-electron chi connectivity index (χ4n) is 1.48. The molecule has 2 atom stereocenters. The van der Waals surface area contributed by atoms with Crippen LogP contribution in [0.3, 0.4) is 0 Å². The molecule has 0 bridgehead atoms. The Hall–Kier alpha value is -2.12. The number of carboxylic acid groups (broad SMARTS) is 1. The van der Waals surface area contributed by atoms with Gasteiger partial charge in [-0.25, -0.2) is 4.79 Å². The van der Waals surface area contributed by atoms with E-state index in [-0.39, 0.29) is 12.3 Å². The van der Waals surface area contributed by atoms with E-state index in [4.69, 9.17) is 10.8 Å². The molecular weight excluding hydrogens is 230 g/mol. The number of hydrogen-bond donors (Lipinski definition) is 4. The van der Waals surface area contributed by atoms with Crippen LogP contribution in [0.4, 0.5) is 0 Å². The van der Waals surface area contributed by atoms with Crippen LogP contribution in [0, 0.1) is 0 Å². The molecule has 0 radical (unpaired) electrons. The number of primary amides is 1. The molecular formula is C9H13N3O5. The quantitative estimate of drug-likeness (QED) is 0.430. The van der Waals surface area contributed by atoms with Crippen molar-refractivity contribution in [3.05, 3.63) is 0 Å². The van der Waals surface area contributed by atoms with Crippen LogP contribution in [-0.2, 0) is 19.2 Å². The topological polar surface area (TPSA) is 139 Å². The Morgan fingerprint density at radius 3 is 2.59 bits per heavy atom. The molecule has 1 saturated heterocycles. The van der Waals surface area contributed by atoms with E-state index < -0.39 is 36.3 Å². The first-order chi connectivity index (χ1) is 7.90. The number of amides is 3. The van der Waals surface area contributed by atoms with E-state index >= 15 is 0 Å². The standard InChI is InChI=1S/C9H13N3O5/c10-6(13)3-5(9(16)17)12-8(15)4-1-2-7(14)11-4/h4-5H,1-3H2,(H2,10,13)(H,11,14)(H,12,15)(H,16,17)/t4-,5?/m0/s1. The number of carbonyl (C=O) groups is 4. The third-order valence-corrected chi connectivity index (χ3v) is 2.33. The highest BCUT2D eigenvalue weighted by molar-refractivity contribution is 5.94. The van der Waals surface area contributed by atoms with Crippen molar-refractivity contribution in [3.8, 4) is 0 Å². The first-order valence-electron chi connectivity index (χ1n) is 5.01. The highest BCUT2D eigenvalue weighted by Gasteiger charge is 2.30. The molecule has 1 rings (SSSR count). The summed E-state index contributed by atoms with van der Waals surface area (Å²) in [6.07, 6.45) is 0.0565. The number of carboxylic acids is 1. The zero-order valence-electron chi connectivity index (χ0n) is 8.93. The maximum absolute atomic E-state index is 11.5. The van der Waals surface area contributed by atoms with Crippen LogP contribution in [0.25, 0.3) is 0 Å². The van der Waals surface area contributed by atoms with Gasteiger partial charge in [-0.05, 0) is 6.42 Å². The predicted octanol–water partition coefficient (Wildman–Crippen LogP) is -2.29. The van der Waals surface area contributed by atoms with Crippen molar-refractivity contribution in [2.45, 2.75) is 31.3 Å². The summed E-state index contributed by atoms with van der Waals surface area (Å²) < 4.78 is 0. The van der Waals surface area contributed by atoms with Gasteiger partial charge in [0.25, 0.3) is 0 Å². The van der Waals surface area contributed by atoms with Gasteiger partial charge >= 0.3 is 5.97 Å². The van der Waals surface area contributed by atoms with E-state index in [1.165, 1.54) is 0 Å². The maximum atomic E-state index is 11.5. The molecule has 17 heavy (non-hydrogen) atoms. The van der Waals surface area contributed by atoms with Crippen LogP contribution >= 0.6 is 0 Å². The zero-order valence-corrected chi connectivity index (χ0v) is 8.93. The summed E-state index contributed by atoms with van der Waals surface area (Å²) in [6.45, 7) is 0. The molecule has 0 saturated carbocycles. The minimum Gasteiger partial charge on any atom is -0.480 e. The van der Waals surface area contributed by atoms with E-state index in [0.29, 0.717) is 6.42 Å². The van der Waals surface area contributed by atoms with Gasteiger partial charge in [-0.1, -0.05) is 0 Å². The molecule has 1 heterocycles. The van der Waals surface area contributed by atoms with E-state index in [0.717, 1.165) is 0 Å². The second-order valence-corrected chi connectivity index (χ2v) is 3.73. The summed E-state index contributed by atoms with van der Waals surface area (Å²) in [4.78, 5) is 43.8. The Labute approximate surface area is 96.5 Å². The number of nitrogens with one attached hydrogen (secondary N) is 2. The van der Waals surface area contributed by atoms with Gasteiger partial charge in [-0.3, -0.25) is 14.4 Å². The van der Waals surface area contributed by atoms with Crippen molar-refractivity contribution in [2.75, 3.05) is 0 Å². The summed E-state index contributed by atoms with van der Waals surface area (Å²) in [6, 6.07) is -2.10. The minimum atomic E-state index is -1.36. The molecule has 8 heteroatoms. The summed E-state index contributed by atoms with van der Waals surface area (Å²) in [5, 5.41) is 13.3. The molecule has 1 aliphatic heterocycles. The molecule has 3 amide bonds. The molecule has 94 valence electrons. The first-order valence-corrected chi connectivity index (χ1v) is 5.01. The minimum absolute atomic E-state index is 0.228. The van der Waals surface area contributed by atoms with E-state index in [1.54, 1.807) is 0 Å². The van der Waals surface area contributed by atoms with Crippen LogP contribution < -0.4 is 16.4 Å². The Morgan fingerprint density at radius 2 is 2.18 bits per heavy atom. The highest BCUT2D eigenvalue weighted by Crippen LogP contribution is 2.07. The average molecular weight is 243 g/mol. The molecule has 1 unspecified atom stereocenters. The fraction of sp³-hybridized carbons (Fsp3) is 0.556. The lowest BCUT2D eigenvalue weighted by molar-refractivity contribution is -0.143. The van der Waals surface area contributed by atoms with Crippen LogP contribution in [0.5, 0.6) is 0 Å². The van der Waals surface area contributed by atoms with Gasteiger partial charge in [-0.15, -0.1) is 0 Å². The number of hydrogen-bond acceptors (Lipinski definition) is 4. The summed E-state index contributed by atoms with van der Waals surface area (Å²) in [7, 11) is 0. The average Bonchev–Trinajstić information content (AvgIpc) is 2.63. The van der Waals surface area contributed by atoms with Crippen molar-refractivity contribution in [3.63, 3.8) is 0 Å². The number of nitrogens with two attached hydrogens (primary N) is 1. The van der Waals surface area contributed by atoms with Gasteiger partial charge in [0.05, 0.1) is 6.42 Å². The van der Waals surface area contributed by atoms with Gasteiger partial charge in [-0.2, -0.15) is 0 Å². The van der Waals surface area contributed by atoms with Gasteiger partial charge < -0.3 is 21.5 Å². The Morgan fingerprint density at radius 1 is 1.53 bits per heavy atom. The Balaban J connectivity index is 2.55. The lowest BCUT2D eigenvalue weighted by Crippen LogP contribution is -2.49. The molecule has 1 fully saturated rings. The Bertz CT molecular complexity index is 368. The number of carbonyl (C=O) groups excluding carboxylic acids is 3. The van der Waals surface area contributed by atoms with Gasteiger partial charge in [0.2, 0.25) is 17.7 Å². The van der Waals surface area contributed by atoms with Crippen LogP contribution in [0.15, 0.2) is 0 Å². The Kier molecular flexibility index (Phi) is 4.02. The van der Waals surface area contributed by atoms with Crippen molar-refractivity contribution in [1.29, 1.82) is 0 Å². The number of aliphatic carboxylic acids is 1. The molecule has 8 nitrogen and oxygen atoms in total. The van der Waals surface area contributed by atoms with Crippen molar-refractivity contribution < 1.29 is 24.3 Å². The van der Waals surface area contributed by atoms with Crippen molar-refractivity contribution >= 4 is 23.7 Å². The second kappa shape index (κ2) is 5.28. The van der Waals surface area contributed by atoms with E-state index in [9.17, 15) is 19.2 Å². The normalized spacial score (nSPS) is 20.5. The summed E-state index contributed by atoms with van der Waals surface area (Å²) in [5.41, 5.74) is 4.86. The third kappa shape index (κ3) is 3.74. The molecule has 0 spiro atoms. The van der Waals surface area contributed by atoms with Gasteiger partial charge in [0, 0.05) is 6.42 Å². The molecule has 1 aliphatic rings. The number of rotatable bonds is 5.